The van der Waals surface area contributed by atoms with E-state index in [1.807, 2.05) is 30.3 Å². The van der Waals surface area contributed by atoms with Gasteiger partial charge in [-0.15, -0.1) is 0 Å². The van der Waals surface area contributed by atoms with Gasteiger partial charge in [0, 0.05) is 17.3 Å². The summed E-state index contributed by atoms with van der Waals surface area (Å²) in [6.07, 6.45) is 3.35. The molecule has 0 aliphatic carbocycles. The molecule has 0 radical (unpaired) electrons. The Balaban J connectivity index is 1.81. The Kier molecular flexibility index (Phi) is 5.71. The van der Waals surface area contributed by atoms with Crippen molar-refractivity contribution in [3.63, 3.8) is 0 Å². The Morgan fingerprint density at radius 3 is 2.68 bits per heavy atom. The number of amides is 1. The van der Waals surface area contributed by atoms with Crippen molar-refractivity contribution in [3.8, 4) is 16.9 Å². The van der Waals surface area contributed by atoms with Gasteiger partial charge in [-0.05, 0) is 36.8 Å². The quantitative estimate of drug-likeness (QED) is 0.459. The number of aromatic nitrogens is 2. The molecule has 1 N–H and O–H groups in total. The Bertz CT molecular complexity index is 1240. The molecule has 1 amide bonds. The first-order valence-electron chi connectivity index (χ1n) is 9.22. The lowest BCUT2D eigenvalue weighted by Crippen LogP contribution is -2.33. The summed E-state index contributed by atoms with van der Waals surface area (Å²) in [4.78, 5) is 25.0. The van der Waals surface area contributed by atoms with E-state index in [1.54, 1.807) is 36.0 Å². The number of halogens is 1. The highest BCUT2D eigenvalue weighted by molar-refractivity contribution is 8.26. The largest absolute Gasteiger partial charge is 0.480 e. The monoisotopic (exact) mass is 453 g/mol. The van der Waals surface area contributed by atoms with Crippen LogP contribution in [0.1, 0.15) is 11.1 Å². The number of benzene rings is 2. The molecule has 0 unspecified atom stereocenters. The summed E-state index contributed by atoms with van der Waals surface area (Å²) >= 11 is 6.19. The lowest BCUT2D eigenvalue weighted by molar-refractivity contribution is -0.140. The van der Waals surface area contributed by atoms with Gasteiger partial charge in [-0.25, -0.2) is 9.07 Å². The van der Waals surface area contributed by atoms with Gasteiger partial charge in [-0.1, -0.05) is 54.3 Å². The number of rotatable bonds is 5. The second-order valence-electron chi connectivity index (χ2n) is 6.84. The summed E-state index contributed by atoms with van der Waals surface area (Å²) < 4.78 is 16.1. The first kappa shape index (κ1) is 21.0. The van der Waals surface area contributed by atoms with E-state index < -0.39 is 18.4 Å². The molecule has 6 nitrogen and oxygen atoms in total. The van der Waals surface area contributed by atoms with Crippen LogP contribution in [0.5, 0.6) is 0 Å². The SMILES string of the molecule is Cc1ccc(-c2nn(-c3ccccc3)cc2/C=C2\SC(=S)N(CC(=O)O)C2=O)cc1F. The minimum absolute atomic E-state index is 0.178. The van der Waals surface area contributed by atoms with Crippen LogP contribution in [0.2, 0.25) is 0 Å². The first-order valence-corrected chi connectivity index (χ1v) is 10.4. The summed E-state index contributed by atoms with van der Waals surface area (Å²) in [5.41, 5.74) is 2.95. The first-order chi connectivity index (χ1) is 14.8. The van der Waals surface area contributed by atoms with Crippen molar-refractivity contribution in [1.29, 1.82) is 0 Å². The van der Waals surface area contributed by atoms with Crippen molar-refractivity contribution in [2.75, 3.05) is 6.54 Å². The van der Waals surface area contributed by atoms with Crippen molar-refractivity contribution in [2.24, 2.45) is 0 Å². The molecule has 1 saturated heterocycles. The van der Waals surface area contributed by atoms with Crippen LogP contribution in [0.25, 0.3) is 23.0 Å². The predicted molar refractivity (Wildman–Crippen MR) is 121 cm³/mol. The molecule has 3 aromatic rings. The maximum atomic E-state index is 14.2. The van der Waals surface area contributed by atoms with Crippen LogP contribution < -0.4 is 0 Å². The van der Waals surface area contributed by atoms with E-state index in [2.05, 4.69) is 5.10 Å². The van der Waals surface area contributed by atoms with Crippen molar-refractivity contribution in [3.05, 3.63) is 76.6 Å². The number of hydrogen-bond donors (Lipinski definition) is 1. The molecule has 0 atom stereocenters. The Morgan fingerprint density at radius 1 is 1.26 bits per heavy atom. The van der Waals surface area contributed by atoms with Gasteiger partial charge in [-0.3, -0.25) is 14.5 Å². The molecule has 2 heterocycles. The molecule has 156 valence electrons. The van der Waals surface area contributed by atoms with Gasteiger partial charge >= 0.3 is 5.97 Å². The zero-order valence-corrected chi connectivity index (χ0v) is 17.9. The van der Waals surface area contributed by atoms with Gasteiger partial charge in [0.25, 0.3) is 5.91 Å². The van der Waals surface area contributed by atoms with E-state index in [-0.39, 0.29) is 15.0 Å². The maximum Gasteiger partial charge on any atom is 0.323 e. The average Bonchev–Trinajstić information content (AvgIpc) is 3.27. The molecule has 31 heavy (non-hydrogen) atoms. The number of thioether (sulfide) groups is 1. The van der Waals surface area contributed by atoms with Gasteiger partial charge in [0.05, 0.1) is 10.6 Å². The summed E-state index contributed by atoms with van der Waals surface area (Å²) in [5, 5.41) is 13.6. The summed E-state index contributed by atoms with van der Waals surface area (Å²) in [5.74, 6) is -1.98. The third-order valence-corrected chi connectivity index (χ3v) is 6.04. The van der Waals surface area contributed by atoms with Crippen molar-refractivity contribution < 1.29 is 19.1 Å². The van der Waals surface area contributed by atoms with Crippen molar-refractivity contribution in [1.82, 2.24) is 14.7 Å². The van der Waals surface area contributed by atoms with Crippen LogP contribution in [0.4, 0.5) is 4.39 Å². The average molecular weight is 454 g/mol. The number of aryl methyl sites for hydroxylation is 1. The molecule has 2 aromatic carbocycles. The molecule has 0 spiro atoms. The molecule has 1 aliphatic rings. The van der Waals surface area contributed by atoms with Crippen molar-refractivity contribution >= 4 is 46.3 Å². The molecule has 0 saturated carbocycles. The molecular weight excluding hydrogens is 437 g/mol. The molecule has 1 fully saturated rings. The van der Waals surface area contributed by atoms with Gasteiger partial charge < -0.3 is 5.11 Å². The van der Waals surface area contributed by atoms with E-state index in [0.717, 1.165) is 22.3 Å². The number of carboxylic acid groups (broad SMARTS) is 1. The van der Waals surface area contributed by atoms with Crippen molar-refractivity contribution in [2.45, 2.75) is 6.92 Å². The zero-order valence-electron chi connectivity index (χ0n) is 16.3. The topological polar surface area (TPSA) is 75.4 Å². The fourth-order valence-corrected chi connectivity index (χ4v) is 4.33. The molecule has 1 aromatic heterocycles. The second kappa shape index (κ2) is 8.44. The number of carboxylic acids is 1. The fourth-order valence-electron chi connectivity index (χ4n) is 3.08. The Morgan fingerprint density at radius 2 is 2.00 bits per heavy atom. The second-order valence-corrected chi connectivity index (χ2v) is 8.51. The van der Waals surface area contributed by atoms with E-state index >= 15 is 0 Å². The maximum absolute atomic E-state index is 14.2. The van der Waals surface area contributed by atoms with E-state index in [9.17, 15) is 14.0 Å². The highest BCUT2D eigenvalue weighted by Crippen LogP contribution is 2.35. The van der Waals surface area contributed by atoms with Gasteiger partial charge in [0.15, 0.2) is 0 Å². The molecule has 0 bridgehead atoms. The van der Waals surface area contributed by atoms with Crippen LogP contribution in [0.15, 0.2) is 59.6 Å². The smallest absolute Gasteiger partial charge is 0.323 e. The lowest BCUT2D eigenvalue weighted by Gasteiger charge is -2.10. The minimum Gasteiger partial charge on any atom is -0.480 e. The number of carbonyl (C=O) groups excluding carboxylic acids is 1. The Labute approximate surface area is 187 Å². The standard InChI is InChI=1S/C22H16FN3O3S2/c1-13-7-8-14(9-17(13)23)20-15(11-26(24-20)16-5-3-2-4-6-16)10-18-21(29)25(12-19(27)28)22(30)31-18/h2-11H,12H2,1H3,(H,27,28)/b18-10-. The molecule has 1 aliphatic heterocycles. The van der Waals surface area contributed by atoms with Crippen LogP contribution in [0.3, 0.4) is 0 Å². The molecule has 9 heteroatoms. The van der Waals surface area contributed by atoms with Gasteiger partial charge in [0.1, 0.15) is 22.4 Å². The van der Waals surface area contributed by atoms with Gasteiger partial charge in [0.2, 0.25) is 0 Å². The van der Waals surface area contributed by atoms with Crippen LogP contribution in [0, 0.1) is 12.7 Å². The fraction of sp³-hybridized carbons (Fsp3) is 0.0909. The minimum atomic E-state index is -1.15. The molecule has 4 rings (SSSR count). The van der Waals surface area contributed by atoms with Crippen LogP contribution in [-0.2, 0) is 9.59 Å². The van der Waals surface area contributed by atoms with Crippen LogP contribution in [-0.4, -0.2) is 42.5 Å². The summed E-state index contributed by atoms with van der Waals surface area (Å²) in [6.45, 7) is 1.18. The third kappa shape index (κ3) is 4.28. The van der Waals surface area contributed by atoms with E-state index in [0.29, 0.717) is 22.4 Å². The zero-order chi connectivity index (χ0) is 22.1. The number of carbonyl (C=O) groups is 2. The highest BCUT2D eigenvalue weighted by Gasteiger charge is 2.33. The number of nitrogens with zero attached hydrogens (tertiary/aromatic N) is 3. The number of aliphatic carboxylic acids is 1. The predicted octanol–water partition coefficient (Wildman–Crippen LogP) is 4.27. The number of para-hydroxylation sites is 1. The van der Waals surface area contributed by atoms with E-state index in [4.69, 9.17) is 17.3 Å². The Hall–Kier alpha value is -3.30. The van der Waals surface area contributed by atoms with Crippen LogP contribution >= 0.6 is 24.0 Å². The number of thiocarbonyl (C=S) groups is 1. The van der Waals surface area contributed by atoms with Gasteiger partial charge in [-0.2, -0.15) is 5.10 Å². The lowest BCUT2D eigenvalue weighted by atomic mass is 10.1. The highest BCUT2D eigenvalue weighted by atomic mass is 32.2. The third-order valence-electron chi connectivity index (χ3n) is 4.66. The summed E-state index contributed by atoms with van der Waals surface area (Å²) in [6, 6.07) is 14.2. The van der Waals surface area contributed by atoms with E-state index in [1.165, 1.54) is 6.07 Å². The normalized spacial score (nSPS) is 15.2. The number of hydrogen-bond acceptors (Lipinski definition) is 5. The molecular formula is C22H16FN3O3S2. The summed E-state index contributed by atoms with van der Waals surface area (Å²) in [7, 11) is 0.